The van der Waals surface area contributed by atoms with E-state index in [0.717, 1.165) is 22.9 Å². The molecule has 0 aromatic heterocycles. The SMILES string of the molecule is C=C(C)CN(c1ccc(Br)cc1[N+](=O)[O-])C1CCCCC1. The highest BCUT2D eigenvalue weighted by Gasteiger charge is 2.27. The van der Waals surface area contributed by atoms with E-state index < -0.39 is 0 Å². The molecule has 0 bridgehead atoms. The minimum absolute atomic E-state index is 0.163. The Hall–Kier alpha value is -1.36. The van der Waals surface area contributed by atoms with Crippen molar-refractivity contribution < 1.29 is 4.92 Å². The molecule has 0 heterocycles. The maximum atomic E-state index is 11.4. The van der Waals surface area contributed by atoms with Crippen LogP contribution in [-0.2, 0) is 0 Å². The molecule has 1 aromatic rings. The highest BCUT2D eigenvalue weighted by atomic mass is 79.9. The van der Waals surface area contributed by atoms with Gasteiger partial charge in [-0.2, -0.15) is 0 Å². The van der Waals surface area contributed by atoms with Crippen LogP contribution in [0.15, 0.2) is 34.8 Å². The van der Waals surface area contributed by atoms with Gasteiger partial charge >= 0.3 is 0 Å². The summed E-state index contributed by atoms with van der Waals surface area (Å²) < 4.78 is 0.733. The first kappa shape index (κ1) is 16.0. The molecule has 1 aromatic carbocycles. The summed E-state index contributed by atoms with van der Waals surface area (Å²) in [5, 5.41) is 11.4. The van der Waals surface area contributed by atoms with E-state index in [0.29, 0.717) is 18.3 Å². The molecule has 1 fully saturated rings. The second kappa shape index (κ2) is 7.07. The zero-order valence-corrected chi connectivity index (χ0v) is 13.9. The predicted molar refractivity (Wildman–Crippen MR) is 89.8 cm³/mol. The van der Waals surface area contributed by atoms with Gasteiger partial charge in [0.15, 0.2) is 0 Å². The molecule has 0 aliphatic heterocycles. The Balaban J connectivity index is 2.39. The summed E-state index contributed by atoms with van der Waals surface area (Å²) in [6.07, 6.45) is 5.85. The van der Waals surface area contributed by atoms with Crippen LogP contribution in [0.4, 0.5) is 11.4 Å². The average Bonchev–Trinajstić information content (AvgIpc) is 2.45. The van der Waals surface area contributed by atoms with Crippen LogP contribution in [0.1, 0.15) is 39.0 Å². The highest BCUT2D eigenvalue weighted by molar-refractivity contribution is 9.10. The molecule has 1 aliphatic carbocycles. The van der Waals surface area contributed by atoms with Crippen molar-refractivity contribution >= 4 is 27.3 Å². The number of nitro groups is 1. The van der Waals surface area contributed by atoms with E-state index in [1.165, 1.54) is 19.3 Å². The van der Waals surface area contributed by atoms with Crippen molar-refractivity contribution in [2.45, 2.75) is 45.1 Å². The first-order valence-electron chi connectivity index (χ1n) is 7.34. The van der Waals surface area contributed by atoms with Crippen LogP contribution in [0.2, 0.25) is 0 Å². The van der Waals surface area contributed by atoms with E-state index in [2.05, 4.69) is 27.4 Å². The number of benzene rings is 1. The Kier molecular flexibility index (Phi) is 5.39. The van der Waals surface area contributed by atoms with Crippen LogP contribution in [0.25, 0.3) is 0 Å². The van der Waals surface area contributed by atoms with Gasteiger partial charge in [-0.3, -0.25) is 10.1 Å². The molecule has 1 saturated carbocycles. The van der Waals surface area contributed by atoms with Gasteiger partial charge in [0.2, 0.25) is 0 Å². The van der Waals surface area contributed by atoms with Gasteiger partial charge in [0, 0.05) is 23.1 Å². The van der Waals surface area contributed by atoms with Crippen LogP contribution in [-0.4, -0.2) is 17.5 Å². The summed E-state index contributed by atoms with van der Waals surface area (Å²) in [6.45, 7) is 6.63. The molecule has 21 heavy (non-hydrogen) atoms. The fraction of sp³-hybridized carbons (Fsp3) is 0.500. The maximum Gasteiger partial charge on any atom is 0.293 e. The van der Waals surface area contributed by atoms with Crippen LogP contribution >= 0.6 is 15.9 Å². The summed E-state index contributed by atoms with van der Waals surface area (Å²) in [7, 11) is 0. The lowest BCUT2D eigenvalue weighted by atomic mass is 9.93. The summed E-state index contributed by atoms with van der Waals surface area (Å²) in [6, 6.07) is 5.68. The van der Waals surface area contributed by atoms with Crippen LogP contribution in [0.5, 0.6) is 0 Å². The molecular weight excluding hydrogens is 332 g/mol. The number of halogens is 1. The smallest absolute Gasteiger partial charge is 0.293 e. The Morgan fingerprint density at radius 1 is 1.43 bits per heavy atom. The number of anilines is 1. The van der Waals surface area contributed by atoms with E-state index >= 15 is 0 Å². The van der Waals surface area contributed by atoms with Gasteiger partial charge in [0.05, 0.1) is 4.92 Å². The lowest BCUT2D eigenvalue weighted by molar-refractivity contribution is -0.384. The van der Waals surface area contributed by atoms with Crippen molar-refractivity contribution in [2.75, 3.05) is 11.4 Å². The van der Waals surface area contributed by atoms with E-state index in [1.54, 1.807) is 6.07 Å². The van der Waals surface area contributed by atoms with Gasteiger partial charge < -0.3 is 4.90 Å². The zero-order chi connectivity index (χ0) is 15.4. The fourth-order valence-electron chi connectivity index (χ4n) is 2.98. The van der Waals surface area contributed by atoms with E-state index in [4.69, 9.17) is 0 Å². The minimum Gasteiger partial charge on any atom is -0.359 e. The van der Waals surface area contributed by atoms with Crippen LogP contribution < -0.4 is 4.90 Å². The van der Waals surface area contributed by atoms with Crippen LogP contribution in [0, 0.1) is 10.1 Å². The third-order valence-electron chi connectivity index (χ3n) is 3.90. The molecule has 0 atom stereocenters. The third-order valence-corrected chi connectivity index (χ3v) is 4.39. The summed E-state index contributed by atoms with van der Waals surface area (Å²) >= 11 is 3.32. The molecule has 0 saturated heterocycles. The molecule has 0 amide bonds. The number of hydrogen-bond acceptors (Lipinski definition) is 3. The molecule has 0 unspecified atom stereocenters. The average molecular weight is 353 g/mol. The lowest BCUT2D eigenvalue weighted by Gasteiger charge is -2.36. The normalized spacial score (nSPS) is 15.7. The van der Waals surface area contributed by atoms with Crippen molar-refractivity contribution in [3.8, 4) is 0 Å². The summed E-state index contributed by atoms with van der Waals surface area (Å²) in [5.74, 6) is 0. The number of nitro benzene ring substituents is 1. The van der Waals surface area contributed by atoms with Crippen molar-refractivity contribution in [3.63, 3.8) is 0 Å². The zero-order valence-electron chi connectivity index (χ0n) is 12.3. The Bertz CT molecular complexity index is 539. The minimum atomic E-state index is -0.297. The van der Waals surface area contributed by atoms with E-state index in [-0.39, 0.29) is 10.6 Å². The van der Waals surface area contributed by atoms with Gasteiger partial charge in [-0.1, -0.05) is 47.3 Å². The van der Waals surface area contributed by atoms with Gasteiger partial charge in [-0.15, -0.1) is 0 Å². The number of nitrogens with zero attached hydrogens (tertiary/aromatic N) is 2. The molecule has 0 N–H and O–H groups in total. The molecular formula is C16H21BrN2O2. The van der Waals surface area contributed by atoms with Gasteiger partial charge in [0.1, 0.15) is 5.69 Å². The van der Waals surface area contributed by atoms with Crippen molar-refractivity contribution in [1.29, 1.82) is 0 Å². The monoisotopic (exact) mass is 352 g/mol. The molecule has 1 aliphatic rings. The van der Waals surface area contributed by atoms with E-state index in [9.17, 15) is 10.1 Å². The Labute approximate surface area is 134 Å². The third kappa shape index (κ3) is 4.06. The predicted octanol–water partition coefficient (Wildman–Crippen LogP) is 5.07. The maximum absolute atomic E-state index is 11.4. The van der Waals surface area contributed by atoms with Gasteiger partial charge in [-0.25, -0.2) is 0 Å². The second-order valence-electron chi connectivity index (χ2n) is 5.77. The van der Waals surface area contributed by atoms with Crippen molar-refractivity contribution in [1.82, 2.24) is 0 Å². The molecule has 114 valence electrons. The number of hydrogen-bond donors (Lipinski definition) is 0. The Morgan fingerprint density at radius 3 is 2.67 bits per heavy atom. The van der Waals surface area contributed by atoms with Crippen LogP contribution in [0.3, 0.4) is 0 Å². The van der Waals surface area contributed by atoms with Gasteiger partial charge in [0.25, 0.3) is 5.69 Å². The fourth-order valence-corrected chi connectivity index (χ4v) is 3.33. The van der Waals surface area contributed by atoms with Crippen molar-refractivity contribution in [2.24, 2.45) is 0 Å². The second-order valence-corrected chi connectivity index (χ2v) is 6.68. The quantitative estimate of drug-likeness (QED) is 0.422. The largest absolute Gasteiger partial charge is 0.359 e. The Morgan fingerprint density at radius 2 is 2.10 bits per heavy atom. The molecule has 2 rings (SSSR count). The van der Waals surface area contributed by atoms with Gasteiger partial charge in [-0.05, 0) is 31.9 Å². The molecule has 0 radical (unpaired) electrons. The first-order valence-corrected chi connectivity index (χ1v) is 8.13. The molecule has 5 heteroatoms. The summed E-state index contributed by atoms with van der Waals surface area (Å²) in [5.41, 5.74) is 1.90. The molecule has 4 nitrogen and oxygen atoms in total. The topological polar surface area (TPSA) is 46.4 Å². The van der Waals surface area contributed by atoms with E-state index in [1.807, 2.05) is 19.1 Å². The number of rotatable bonds is 5. The molecule has 0 spiro atoms. The highest BCUT2D eigenvalue weighted by Crippen LogP contribution is 2.35. The first-order chi connectivity index (χ1) is 9.99. The standard InChI is InChI=1S/C16H21BrN2O2/c1-12(2)11-18(14-6-4-3-5-7-14)15-9-8-13(17)10-16(15)19(20)21/h8-10,14H,1,3-7,11H2,2H3. The lowest BCUT2D eigenvalue weighted by Crippen LogP contribution is -2.38. The van der Waals surface area contributed by atoms with Crippen molar-refractivity contribution in [3.05, 3.63) is 44.9 Å². The summed E-state index contributed by atoms with van der Waals surface area (Å²) in [4.78, 5) is 13.3.